The Bertz CT molecular complexity index is 291. The summed E-state index contributed by atoms with van der Waals surface area (Å²) in [5, 5.41) is 0. The van der Waals surface area contributed by atoms with Gasteiger partial charge in [-0.15, -0.1) is 0 Å². The van der Waals surface area contributed by atoms with Crippen LogP contribution >= 0.6 is 0 Å². The zero-order valence-corrected chi connectivity index (χ0v) is 8.01. The average Bonchev–Trinajstić information content (AvgIpc) is 2.65. The van der Waals surface area contributed by atoms with Gasteiger partial charge >= 0.3 is 0 Å². The highest BCUT2D eigenvalue weighted by Gasteiger charge is 2.59. The summed E-state index contributed by atoms with van der Waals surface area (Å²) < 4.78 is 0. The summed E-state index contributed by atoms with van der Waals surface area (Å²) in [5.74, 6) is 1.51. The van der Waals surface area contributed by atoms with Gasteiger partial charge in [-0.1, -0.05) is 18.6 Å². The van der Waals surface area contributed by atoms with Crippen molar-refractivity contribution in [3.8, 4) is 0 Å². The minimum absolute atomic E-state index is 0.278. The molecule has 0 N–H and O–H groups in total. The van der Waals surface area contributed by atoms with Crippen LogP contribution in [0.25, 0.3) is 0 Å². The first-order valence-electron chi connectivity index (χ1n) is 5.44. The lowest BCUT2D eigenvalue weighted by molar-refractivity contribution is -0.120. The standard InChI is InChI=1S/C12H16O/c1-8-4-6-12-5-2-3-9(12)7-10(13)11(8)12/h9,11H,1-7H2/t9-,11-,12+/m1/s1. The molecule has 0 aromatic heterocycles. The van der Waals surface area contributed by atoms with E-state index in [-0.39, 0.29) is 5.92 Å². The minimum atomic E-state index is 0.278. The van der Waals surface area contributed by atoms with Crippen LogP contribution in [0, 0.1) is 17.3 Å². The van der Waals surface area contributed by atoms with Gasteiger partial charge in [0.1, 0.15) is 5.78 Å². The van der Waals surface area contributed by atoms with E-state index in [4.69, 9.17) is 0 Å². The molecule has 0 aromatic rings. The molecule has 1 spiro atoms. The molecule has 3 rings (SSSR count). The van der Waals surface area contributed by atoms with E-state index in [1.165, 1.54) is 31.3 Å². The fourth-order valence-electron chi connectivity index (χ4n) is 4.18. The number of ketones is 1. The third-order valence-corrected chi connectivity index (χ3v) is 4.67. The Kier molecular flexibility index (Phi) is 1.35. The predicted molar refractivity (Wildman–Crippen MR) is 51.3 cm³/mol. The van der Waals surface area contributed by atoms with E-state index in [0.717, 1.165) is 18.8 Å². The van der Waals surface area contributed by atoms with Crippen molar-refractivity contribution in [2.45, 2.75) is 38.5 Å². The maximum atomic E-state index is 11.8. The second-order valence-corrected chi connectivity index (χ2v) is 5.08. The lowest BCUT2D eigenvalue weighted by atomic mass is 9.75. The zero-order valence-electron chi connectivity index (χ0n) is 8.01. The quantitative estimate of drug-likeness (QED) is 0.519. The predicted octanol–water partition coefficient (Wildman–Crippen LogP) is 2.71. The molecule has 3 fully saturated rings. The number of allylic oxidation sites excluding steroid dienone is 1. The monoisotopic (exact) mass is 176 g/mol. The molecule has 3 atom stereocenters. The summed E-state index contributed by atoms with van der Waals surface area (Å²) in [6.45, 7) is 4.08. The van der Waals surface area contributed by atoms with Crippen molar-refractivity contribution in [2.24, 2.45) is 17.3 Å². The highest BCUT2D eigenvalue weighted by Crippen LogP contribution is 2.64. The molecule has 0 saturated heterocycles. The van der Waals surface area contributed by atoms with Crippen molar-refractivity contribution in [1.29, 1.82) is 0 Å². The summed E-state index contributed by atoms with van der Waals surface area (Å²) in [6, 6.07) is 0. The van der Waals surface area contributed by atoms with Crippen LogP contribution in [-0.2, 0) is 4.79 Å². The largest absolute Gasteiger partial charge is 0.299 e. The van der Waals surface area contributed by atoms with Gasteiger partial charge in [0.15, 0.2) is 0 Å². The fourth-order valence-corrected chi connectivity index (χ4v) is 4.18. The summed E-state index contributed by atoms with van der Waals surface area (Å²) in [4.78, 5) is 11.8. The van der Waals surface area contributed by atoms with Gasteiger partial charge in [0.2, 0.25) is 0 Å². The average molecular weight is 176 g/mol. The molecule has 0 aliphatic heterocycles. The molecule has 3 aliphatic rings. The molecule has 3 saturated carbocycles. The summed E-state index contributed by atoms with van der Waals surface area (Å²) >= 11 is 0. The number of rotatable bonds is 0. The first kappa shape index (κ1) is 7.78. The molecule has 0 amide bonds. The van der Waals surface area contributed by atoms with Crippen LogP contribution in [0.1, 0.15) is 38.5 Å². The first-order valence-corrected chi connectivity index (χ1v) is 5.44. The van der Waals surface area contributed by atoms with E-state index in [1.807, 2.05) is 0 Å². The molecule has 0 aromatic carbocycles. The van der Waals surface area contributed by atoms with Crippen molar-refractivity contribution in [3.63, 3.8) is 0 Å². The molecule has 13 heavy (non-hydrogen) atoms. The second-order valence-electron chi connectivity index (χ2n) is 5.08. The van der Waals surface area contributed by atoms with Crippen molar-refractivity contribution in [3.05, 3.63) is 12.2 Å². The van der Waals surface area contributed by atoms with Gasteiger partial charge in [0.05, 0.1) is 0 Å². The molecular formula is C12H16O. The normalized spacial score (nSPS) is 48.3. The number of carbonyl (C=O) groups excluding carboxylic acids is 1. The third kappa shape index (κ3) is 0.762. The highest BCUT2D eigenvalue weighted by atomic mass is 16.1. The Morgan fingerprint density at radius 2 is 2.23 bits per heavy atom. The molecule has 0 heterocycles. The van der Waals surface area contributed by atoms with Gasteiger partial charge in [0.25, 0.3) is 0 Å². The number of hydrogen-bond donors (Lipinski definition) is 0. The van der Waals surface area contributed by atoms with Crippen LogP contribution in [0.15, 0.2) is 12.2 Å². The maximum absolute atomic E-state index is 11.8. The second kappa shape index (κ2) is 2.26. The zero-order chi connectivity index (χ0) is 9.05. The van der Waals surface area contributed by atoms with E-state index in [0.29, 0.717) is 11.2 Å². The molecule has 0 radical (unpaired) electrons. The van der Waals surface area contributed by atoms with Crippen LogP contribution in [0.4, 0.5) is 0 Å². The molecule has 3 aliphatic carbocycles. The number of hydrogen-bond acceptors (Lipinski definition) is 1. The fraction of sp³-hybridized carbons (Fsp3) is 0.750. The smallest absolute Gasteiger partial charge is 0.140 e. The van der Waals surface area contributed by atoms with Crippen molar-refractivity contribution >= 4 is 5.78 Å². The molecule has 0 bridgehead atoms. The van der Waals surface area contributed by atoms with Crippen LogP contribution in [0.2, 0.25) is 0 Å². The van der Waals surface area contributed by atoms with Gasteiger partial charge in [-0.25, -0.2) is 0 Å². The lowest BCUT2D eigenvalue weighted by Crippen LogP contribution is -2.24. The summed E-state index contributed by atoms with van der Waals surface area (Å²) in [7, 11) is 0. The van der Waals surface area contributed by atoms with Crippen LogP contribution in [-0.4, -0.2) is 5.78 Å². The molecular weight excluding hydrogens is 160 g/mol. The van der Waals surface area contributed by atoms with Crippen molar-refractivity contribution in [1.82, 2.24) is 0 Å². The lowest BCUT2D eigenvalue weighted by Gasteiger charge is -2.27. The topological polar surface area (TPSA) is 17.1 Å². The molecule has 1 heteroatoms. The summed E-state index contributed by atoms with van der Waals surface area (Å²) in [6.07, 6.45) is 7.19. The van der Waals surface area contributed by atoms with E-state index >= 15 is 0 Å². The number of Topliss-reactive ketones (excluding diaryl/α,β-unsaturated/α-hetero) is 1. The van der Waals surface area contributed by atoms with E-state index in [9.17, 15) is 4.79 Å². The van der Waals surface area contributed by atoms with E-state index < -0.39 is 0 Å². The first-order chi connectivity index (χ1) is 6.24. The van der Waals surface area contributed by atoms with Crippen LogP contribution in [0.5, 0.6) is 0 Å². The minimum Gasteiger partial charge on any atom is -0.299 e. The maximum Gasteiger partial charge on any atom is 0.140 e. The van der Waals surface area contributed by atoms with Gasteiger partial charge in [-0.2, -0.15) is 0 Å². The summed E-state index contributed by atoms with van der Waals surface area (Å²) in [5.41, 5.74) is 1.66. The van der Waals surface area contributed by atoms with Gasteiger partial charge < -0.3 is 0 Å². The highest BCUT2D eigenvalue weighted by molar-refractivity contribution is 5.88. The molecule has 70 valence electrons. The Morgan fingerprint density at radius 3 is 3.08 bits per heavy atom. The van der Waals surface area contributed by atoms with Gasteiger partial charge in [0, 0.05) is 12.3 Å². The van der Waals surface area contributed by atoms with E-state index in [1.54, 1.807) is 0 Å². The Labute approximate surface area is 79.2 Å². The molecule has 0 unspecified atom stereocenters. The Balaban J connectivity index is 2.08. The SMILES string of the molecule is C=C1CC[C@@]23CCC[C@@H]2CC(=O)[C@@H]13. The van der Waals surface area contributed by atoms with Crippen LogP contribution < -0.4 is 0 Å². The Morgan fingerprint density at radius 1 is 1.38 bits per heavy atom. The van der Waals surface area contributed by atoms with Gasteiger partial charge in [-0.3, -0.25) is 4.79 Å². The third-order valence-electron chi connectivity index (χ3n) is 4.67. The van der Waals surface area contributed by atoms with Crippen molar-refractivity contribution in [2.75, 3.05) is 0 Å². The molecule has 1 nitrogen and oxygen atoms in total. The van der Waals surface area contributed by atoms with Crippen LogP contribution in [0.3, 0.4) is 0 Å². The van der Waals surface area contributed by atoms with Gasteiger partial charge in [-0.05, 0) is 37.0 Å². The number of carbonyl (C=O) groups is 1. The van der Waals surface area contributed by atoms with Crippen molar-refractivity contribution < 1.29 is 4.79 Å². The Hall–Kier alpha value is -0.590. The van der Waals surface area contributed by atoms with E-state index in [2.05, 4.69) is 6.58 Å².